The van der Waals surface area contributed by atoms with Crippen molar-refractivity contribution in [3.8, 4) is 0 Å². The summed E-state index contributed by atoms with van der Waals surface area (Å²) in [6.45, 7) is 3.72. The summed E-state index contributed by atoms with van der Waals surface area (Å²) in [5.41, 5.74) is 2.18. The van der Waals surface area contributed by atoms with Crippen LogP contribution in [0.3, 0.4) is 0 Å². The van der Waals surface area contributed by atoms with Crippen molar-refractivity contribution in [1.29, 1.82) is 0 Å². The van der Waals surface area contributed by atoms with Gasteiger partial charge in [-0.25, -0.2) is 4.39 Å². The van der Waals surface area contributed by atoms with Gasteiger partial charge in [-0.15, -0.1) is 0 Å². The van der Waals surface area contributed by atoms with Gasteiger partial charge in [0.15, 0.2) is 0 Å². The molecule has 1 heterocycles. The molecular weight excluding hydrogens is 265 g/mol. The van der Waals surface area contributed by atoms with Crippen molar-refractivity contribution in [3.63, 3.8) is 0 Å². The number of hydrogen-bond donors (Lipinski definition) is 0. The van der Waals surface area contributed by atoms with Crippen LogP contribution in [-0.2, 0) is 0 Å². The third-order valence-corrected chi connectivity index (χ3v) is 3.62. The fourth-order valence-electron chi connectivity index (χ4n) is 2.41. The van der Waals surface area contributed by atoms with E-state index >= 15 is 0 Å². The lowest BCUT2D eigenvalue weighted by Crippen LogP contribution is -2.44. The number of para-hydroxylation sites is 1. The standard InChI is InChI=1S/C17H18FN3/c18-16-8-6-15(7-9-16)14-19-21-12-10-20(11-13-21)17-4-2-1-3-5-17/h1-9,14H,10-13H2/b19-14+. The average molecular weight is 283 g/mol. The quantitative estimate of drug-likeness (QED) is 0.806. The van der Waals surface area contributed by atoms with Crippen molar-refractivity contribution in [2.75, 3.05) is 31.1 Å². The summed E-state index contributed by atoms with van der Waals surface area (Å²) in [6.07, 6.45) is 1.79. The van der Waals surface area contributed by atoms with Gasteiger partial charge in [-0.3, -0.25) is 5.01 Å². The third kappa shape index (κ3) is 3.60. The summed E-state index contributed by atoms with van der Waals surface area (Å²) >= 11 is 0. The van der Waals surface area contributed by atoms with Crippen LogP contribution < -0.4 is 4.90 Å². The highest BCUT2D eigenvalue weighted by molar-refractivity contribution is 5.79. The van der Waals surface area contributed by atoms with E-state index in [1.54, 1.807) is 18.3 Å². The van der Waals surface area contributed by atoms with Gasteiger partial charge in [0.1, 0.15) is 5.82 Å². The lowest BCUT2D eigenvalue weighted by Gasteiger charge is -2.34. The van der Waals surface area contributed by atoms with Crippen LogP contribution in [0.4, 0.5) is 10.1 Å². The van der Waals surface area contributed by atoms with Gasteiger partial charge in [0.05, 0.1) is 19.3 Å². The molecule has 0 atom stereocenters. The summed E-state index contributed by atoms with van der Waals surface area (Å²) < 4.78 is 12.8. The molecule has 2 aromatic rings. The Hall–Kier alpha value is -2.36. The molecule has 0 amide bonds. The van der Waals surface area contributed by atoms with E-state index in [2.05, 4.69) is 39.3 Å². The largest absolute Gasteiger partial charge is 0.368 e. The van der Waals surface area contributed by atoms with Crippen molar-refractivity contribution < 1.29 is 4.39 Å². The van der Waals surface area contributed by atoms with E-state index in [1.165, 1.54) is 17.8 Å². The molecule has 0 spiro atoms. The lowest BCUT2D eigenvalue weighted by molar-refractivity contribution is 0.272. The van der Waals surface area contributed by atoms with Crippen LogP contribution in [0.15, 0.2) is 59.7 Å². The first kappa shape index (κ1) is 13.6. The zero-order valence-electron chi connectivity index (χ0n) is 11.8. The van der Waals surface area contributed by atoms with Crippen molar-refractivity contribution in [2.24, 2.45) is 5.10 Å². The minimum atomic E-state index is -0.219. The van der Waals surface area contributed by atoms with Crippen LogP contribution in [-0.4, -0.2) is 37.4 Å². The number of hydrazone groups is 1. The first-order valence-electron chi connectivity index (χ1n) is 7.16. The number of benzene rings is 2. The van der Waals surface area contributed by atoms with E-state index in [1.807, 2.05) is 6.07 Å². The maximum Gasteiger partial charge on any atom is 0.123 e. The van der Waals surface area contributed by atoms with Crippen LogP contribution in [0.5, 0.6) is 0 Å². The molecule has 3 rings (SSSR count). The molecule has 0 saturated carbocycles. The molecule has 0 unspecified atom stereocenters. The summed E-state index contributed by atoms with van der Waals surface area (Å²) in [5.74, 6) is -0.219. The molecule has 0 aromatic heterocycles. The Morgan fingerprint density at radius 2 is 1.52 bits per heavy atom. The topological polar surface area (TPSA) is 18.8 Å². The van der Waals surface area contributed by atoms with Crippen LogP contribution in [0.25, 0.3) is 0 Å². The number of piperazine rings is 1. The fraction of sp³-hybridized carbons (Fsp3) is 0.235. The Kier molecular flexibility index (Phi) is 4.15. The summed E-state index contributed by atoms with van der Waals surface area (Å²) in [4.78, 5) is 2.36. The third-order valence-electron chi connectivity index (χ3n) is 3.62. The van der Waals surface area contributed by atoms with E-state index in [4.69, 9.17) is 0 Å². The van der Waals surface area contributed by atoms with Gasteiger partial charge in [-0.2, -0.15) is 5.10 Å². The number of anilines is 1. The van der Waals surface area contributed by atoms with E-state index < -0.39 is 0 Å². The molecule has 0 aliphatic carbocycles. The minimum Gasteiger partial charge on any atom is -0.368 e. The normalized spacial score (nSPS) is 15.7. The smallest absolute Gasteiger partial charge is 0.123 e. The Morgan fingerprint density at radius 1 is 0.857 bits per heavy atom. The molecule has 0 bridgehead atoms. The van der Waals surface area contributed by atoms with Crippen LogP contribution >= 0.6 is 0 Å². The molecule has 1 fully saturated rings. The molecule has 3 nitrogen and oxygen atoms in total. The van der Waals surface area contributed by atoms with Gasteiger partial charge in [-0.05, 0) is 29.8 Å². The van der Waals surface area contributed by atoms with Crippen molar-refractivity contribution in [1.82, 2.24) is 5.01 Å². The first-order chi connectivity index (χ1) is 10.3. The number of hydrogen-bond acceptors (Lipinski definition) is 3. The summed E-state index contributed by atoms with van der Waals surface area (Å²) in [5, 5.41) is 6.53. The van der Waals surface area contributed by atoms with Crippen molar-refractivity contribution in [2.45, 2.75) is 0 Å². The first-order valence-corrected chi connectivity index (χ1v) is 7.16. The number of rotatable bonds is 3. The Morgan fingerprint density at radius 3 is 2.19 bits per heavy atom. The molecule has 108 valence electrons. The van der Waals surface area contributed by atoms with Crippen LogP contribution in [0.1, 0.15) is 5.56 Å². The van der Waals surface area contributed by atoms with Gasteiger partial charge in [0.25, 0.3) is 0 Å². The predicted octanol–water partition coefficient (Wildman–Crippen LogP) is 2.98. The molecule has 1 saturated heterocycles. The van der Waals surface area contributed by atoms with Crippen LogP contribution in [0, 0.1) is 5.82 Å². The molecule has 21 heavy (non-hydrogen) atoms. The van der Waals surface area contributed by atoms with Gasteiger partial charge in [-0.1, -0.05) is 30.3 Å². The van der Waals surface area contributed by atoms with Gasteiger partial charge >= 0.3 is 0 Å². The highest BCUT2D eigenvalue weighted by Gasteiger charge is 2.15. The number of nitrogens with zero attached hydrogens (tertiary/aromatic N) is 3. The highest BCUT2D eigenvalue weighted by Crippen LogP contribution is 2.15. The molecule has 0 radical (unpaired) electrons. The van der Waals surface area contributed by atoms with E-state index in [9.17, 15) is 4.39 Å². The molecule has 4 heteroatoms. The minimum absolute atomic E-state index is 0.219. The summed E-state index contributed by atoms with van der Waals surface area (Å²) in [6, 6.07) is 16.8. The molecular formula is C17H18FN3. The Balaban J connectivity index is 1.55. The van der Waals surface area contributed by atoms with Crippen molar-refractivity contribution >= 4 is 11.9 Å². The van der Waals surface area contributed by atoms with Crippen LogP contribution in [0.2, 0.25) is 0 Å². The van der Waals surface area contributed by atoms with Gasteiger partial charge in [0, 0.05) is 18.8 Å². The summed E-state index contributed by atoms with van der Waals surface area (Å²) in [7, 11) is 0. The molecule has 1 aliphatic rings. The average Bonchev–Trinajstić information content (AvgIpc) is 2.56. The molecule has 2 aromatic carbocycles. The molecule has 0 N–H and O–H groups in total. The SMILES string of the molecule is Fc1ccc(/C=N/N2CCN(c3ccccc3)CC2)cc1. The highest BCUT2D eigenvalue weighted by atomic mass is 19.1. The van der Waals surface area contributed by atoms with Crippen molar-refractivity contribution in [3.05, 3.63) is 66.0 Å². The second kappa shape index (κ2) is 6.39. The Labute approximate surface area is 124 Å². The second-order valence-electron chi connectivity index (χ2n) is 5.07. The molecule has 1 aliphatic heterocycles. The predicted molar refractivity (Wildman–Crippen MR) is 84.2 cm³/mol. The number of halogens is 1. The second-order valence-corrected chi connectivity index (χ2v) is 5.07. The maximum atomic E-state index is 12.8. The fourth-order valence-corrected chi connectivity index (χ4v) is 2.41. The van der Waals surface area contributed by atoms with E-state index in [0.717, 1.165) is 31.7 Å². The maximum absolute atomic E-state index is 12.8. The lowest BCUT2D eigenvalue weighted by atomic mass is 10.2. The zero-order chi connectivity index (χ0) is 14.5. The monoisotopic (exact) mass is 283 g/mol. The zero-order valence-corrected chi connectivity index (χ0v) is 11.8. The van der Waals surface area contributed by atoms with E-state index in [0.29, 0.717) is 0 Å². The van der Waals surface area contributed by atoms with Gasteiger partial charge < -0.3 is 4.90 Å². The Bertz CT molecular complexity index is 587. The van der Waals surface area contributed by atoms with Gasteiger partial charge in [0.2, 0.25) is 0 Å². The van der Waals surface area contributed by atoms with E-state index in [-0.39, 0.29) is 5.82 Å².